The van der Waals surface area contributed by atoms with E-state index in [1.807, 2.05) is 0 Å². The third-order valence-electron chi connectivity index (χ3n) is 2.96. The molecule has 0 radical (unpaired) electrons. The van der Waals surface area contributed by atoms with Gasteiger partial charge in [-0.2, -0.15) is 4.31 Å². The maximum Gasteiger partial charge on any atom is 0.263 e. The van der Waals surface area contributed by atoms with Crippen molar-refractivity contribution in [3.05, 3.63) is 54.0 Å². The smallest absolute Gasteiger partial charge is 0.263 e. The zero-order valence-corrected chi connectivity index (χ0v) is 12.5. The Balaban J connectivity index is 2.32. The first-order valence-electron chi connectivity index (χ1n) is 6.15. The average Bonchev–Trinajstić information content (AvgIpc) is 2.48. The average molecular weight is 310 g/mol. The van der Waals surface area contributed by atoms with E-state index in [0.29, 0.717) is 11.3 Å². The van der Waals surface area contributed by atoms with Gasteiger partial charge in [-0.25, -0.2) is 17.8 Å². The maximum atomic E-state index is 13.6. The van der Waals surface area contributed by atoms with Gasteiger partial charge in [-0.3, -0.25) is 0 Å². The van der Waals surface area contributed by atoms with E-state index in [-0.39, 0.29) is 6.54 Å². The molecule has 0 fully saturated rings. The van der Waals surface area contributed by atoms with Crippen LogP contribution in [0.2, 0.25) is 0 Å². The Hall–Kier alpha value is -1.99. The molecule has 0 saturated carbocycles. The second kappa shape index (κ2) is 6.19. The highest BCUT2D eigenvalue weighted by atomic mass is 32.2. The summed E-state index contributed by atoms with van der Waals surface area (Å²) < 4.78 is 44.5. The van der Waals surface area contributed by atoms with Crippen LogP contribution in [0.3, 0.4) is 0 Å². The summed E-state index contributed by atoms with van der Waals surface area (Å²) in [5, 5.41) is -0.581. The second-order valence-corrected chi connectivity index (χ2v) is 6.32. The van der Waals surface area contributed by atoms with Crippen molar-refractivity contribution >= 4 is 10.0 Å². The number of aromatic nitrogens is 1. The molecular formula is C14H15FN2O3S. The fraction of sp³-hybridized carbons (Fsp3) is 0.214. The number of pyridine rings is 1. The van der Waals surface area contributed by atoms with E-state index >= 15 is 0 Å². The van der Waals surface area contributed by atoms with Gasteiger partial charge in [0.25, 0.3) is 10.0 Å². The van der Waals surface area contributed by atoms with E-state index in [1.165, 1.54) is 26.4 Å². The van der Waals surface area contributed by atoms with Crippen molar-refractivity contribution in [1.29, 1.82) is 0 Å². The predicted molar refractivity (Wildman–Crippen MR) is 75.8 cm³/mol. The summed E-state index contributed by atoms with van der Waals surface area (Å²) in [4.78, 5) is 3.62. The van der Waals surface area contributed by atoms with Crippen LogP contribution in [0.15, 0.2) is 47.6 Å². The summed E-state index contributed by atoms with van der Waals surface area (Å²) in [6.45, 7) is 0.0579. The van der Waals surface area contributed by atoms with Crippen molar-refractivity contribution in [2.75, 3.05) is 14.2 Å². The fourth-order valence-corrected chi connectivity index (χ4v) is 2.98. The molecule has 0 atom stereocenters. The van der Waals surface area contributed by atoms with E-state index in [9.17, 15) is 12.8 Å². The van der Waals surface area contributed by atoms with E-state index in [4.69, 9.17) is 4.74 Å². The highest BCUT2D eigenvalue weighted by Crippen LogP contribution is 2.22. The third kappa shape index (κ3) is 3.20. The molecule has 2 aromatic rings. The Morgan fingerprint density at radius 1 is 1.24 bits per heavy atom. The van der Waals surface area contributed by atoms with Crippen LogP contribution in [0.1, 0.15) is 5.56 Å². The summed E-state index contributed by atoms with van der Waals surface area (Å²) in [5.41, 5.74) is 0.683. The molecule has 1 aromatic carbocycles. The zero-order chi connectivity index (χ0) is 15.5. The molecule has 0 aliphatic rings. The quantitative estimate of drug-likeness (QED) is 0.848. The molecule has 0 aliphatic carbocycles. The number of hydrogen-bond donors (Lipinski definition) is 0. The van der Waals surface area contributed by atoms with Crippen LogP contribution in [0.25, 0.3) is 0 Å². The molecular weight excluding hydrogens is 295 g/mol. The molecule has 0 unspecified atom stereocenters. The van der Waals surface area contributed by atoms with Crippen molar-refractivity contribution in [2.24, 2.45) is 0 Å². The lowest BCUT2D eigenvalue weighted by Gasteiger charge is -2.18. The molecule has 5 nitrogen and oxygen atoms in total. The van der Waals surface area contributed by atoms with Crippen LogP contribution in [-0.4, -0.2) is 31.9 Å². The number of halogens is 1. The summed E-state index contributed by atoms with van der Waals surface area (Å²) in [7, 11) is -1.12. The normalized spacial score (nSPS) is 11.6. The largest absolute Gasteiger partial charge is 0.496 e. The number of ether oxygens (including phenoxy) is 1. The molecule has 0 aliphatic heterocycles. The van der Waals surface area contributed by atoms with Gasteiger partial charge in [-0.1, -0.05) is 18.2 Å². The minimum absolute atomic E-state index is 0.0579. The van der Waals surface area contributed by atoms with Gasteiger partial charge in [0, 0.05) is 25.4 Å². The highest BCUT2D eigenvalue weighted by Gasteiger charge is 2.26. The zero-order valence-electron chi connectivity index (χ0n) is 11.7. The Morgan fingerprint density at radius 3 is 2.62 bits per heavy atom. The van der Waals surface area contributed by atoms with Crippen LogP contribution in [0.4, 0.5) is 4.39 Å². The van der Waals surface area contributed by atoms with E-state index in [2.05, 4.69) is 4.98 Å². The summed E-state index contributed by atoms with van der Waals surface area (Å²) >= 11 is 0. The molecule has 0 bridgehead atoms. The van der Waals surface area contributed by atoms with Gasteiger partial charge in [-0.05, 0) is 18.2 Å². The van der Waals surface area contributed by atoms with E-state index in [1.54, 1.807) is 24.3 Å². The Morgan fingerprint density at radius 2 is 1.95 bits per heavy atom. The number of sulfonamides is 1. The molecule has 0 amide bonds. The fourth-order valence-electron chi connectivity index (χ4n) is 1.87. The van der Waals surface area contributed by atoms with Crippen molar-refractivity contribution in [3.8, 4) is 5.75 Å². The van der Waals surface area contributed by atoms with Gasteiger partial charge in [0.1, 0.15) is 5.75 Å². The number of methoxy groups -OCH3 is 1. The van der Waals surface area contributed by atoms with Crippen LogP contribution in [-0.2, 0) is 16.6 Å². The standard InChI is InChI=1S/C14H15FN2O3S/c1-17(10-11-6-3-4-8-13(11)20-2)21(18,19)14-12(15)7-5-9-16-14/h3-9H,10H2,1-2H3. The van der Waals surface area contributed by atoms with Crippen LogP contribution >= 0.6 is 0 Å². The lowest BCUT2D eigenvalue weighted by molar-refractivity contribution is 0.397. The Kier molecular flexibility index (Phi) is 4.54. The van der Waals surface area contributed by atoms with Gasteiger partial charge in [-0.15, -0.1) is 0 Å². The SMILES string of the molecule is COc1ccccc1CN(C)S(=O)(=O)c1ncccc1F. The summed E-state index contributed by atoms with van der Waals surface area (Å²) in [6, 6.07) is 9.46. The first kappa shape index (κ1) is 15.4. The first-order valence-corrected chi connectivity index (χ1v) is 7.59. The van der Waals surface area contributed by atoms with Gasteiger partial charge >= 0.3 is 0 Å². The number of rotatable bonds is 5. The van der Waals surface area contributed by atoms with E-state index in [0.717, 1.165) is 10.4 Å². The van der Waals surface area contributed by atoms with Crippen LogP contribution < -0.4 is 4.74 Å². The van der Waals surface area contributed by atoms with Crippen molar-refractivity contribution in [3.63, 3.8) is 0 Å². The monoisotopic (exact) mass is 310 g/mol. The molecule has 112 valence electrons. The molecule has 0 N–H and O–H groups in total. The lowest BCUT2D eigenvalue weighted by Crippen LogP contribution is -2.28. The molecule has 0 spiro atoms. The lowest BCUT2D eigenvalue weighted by atomic mass is 10.2. The Bertz CT molecular complexity index is 735. The number of hydrogen-bond acceptors (Lipinski definition) is 4. The van der Waals surface area contributed by atoms with Gasteiger partial charge in [0.15, 0.2) is 5.82 Å². The maximum absolute atomic E-state index is 13.6. The number of nitrogens with zero attached hydrogens (tertiary/aromatic N) is 2. The van der Waals surface area contributed by atoms with Crippen molar-refractivity contribution in [1.82, 2.24) is 9.29 Å². The summed E-state index contributed by atoms with van der Waals surface area (Å²) in [6.07, 6.45) is 1.24. The van der Waals surface area contributed by atoms with Crippen molar-refractivity contribution in [2.45, 2.75) is 11.6 Å². The molecule has 7 heteroatoms. The number of benzene rings is 1. The minimum Gasteiger partial charge on any atom is -0.496 e. The van der Waals surface area contributed by atoms with Gasteiger partial charge in [0.2, 0.25) is 5.03 Å². The number of para-hydroxylation sites is 1. The van der Waals surface area contributed by atoms with Gasteiger partial charge < -0.3 is 4.74 Å². The highest BCUT2D eigenvalue weighted by molar-refractivity contribution is 7.89. The Labute approximate surface area is 123 Å². The predicted octanol–water partition coefficient (Wildman–Crippen LogP) is 2.05. The minimum atomic E-state index is -4.00. The molecule has 21 heavy (non-hydrogen) atoms. The van der Waals surface area contributed by atoms with Gasteiger partial charge in [0.05, 0.1) is 7.11 Å². The molecule has 1 aromatic heterocycles. The molecule has 1 heterocycles. The van der Waals surface area contributed by atoms with Crippen molar-refractivity contribution < 1.29 is 17.5 Å². The first-order chi connectivity index (χ1) is 9.96. The van der Waals surface area contributed by atoms with Crippen LogP contribution in [0, 0.1) is 5.82 Å². The summed E-state index contributed by atoms with van der Waals surface area (Å²) in [5.74, 6) is -0.301. The molecule has 0 saturated heterocycles. The second-order valence-electron chi connectivity index (χ2n) is 4.36. The van der Waals surface area contributed by atoms with E-state index < -0.39 is 20.9 Å². The van der Waals surface area contributed by atoms with Crippen LogP contribution in [0.5, 0.6) is 5.75 Å². The third-order valence-corrected chi connectivity index (χ3v) is 4.70. The molecule has 2 rings (SSSR count). The topological polar surface area (TPSA) is 59.5 Å².